The third-order valence-electron chi connectivity index (χ3n) is 4.12. The molecule has 7 heteroatoms. The molecule has 0 aliphatic heterocycles. The third kappa shape index (κ3) is 5.60. The number of ether oxygens (including phenoxy) is 1. The Morgan fingerprint density at radius 2 is 1.89 bits per heavy atom. The molecule has 0 fully saturated rings. The minimum Gasteiger partial charge on any atom is -0.488 e. The summed E-state index contributed by atoms with van der Waals surface area (Å²) in [6.45, 7) is 2.40. The Morgan fingerprint density at radius 1 is 1.11 bits per heavy atom. The van der Waals surface area contributed by atoms with Gasteiger partial charge in [0, 0.05) is 6.42 Å². The van der Waals surface area contributed by atoms with Crippen molar-refractivity contribution in [2.75, 3.05) is 5.32 Å². The molecule has 0 unspecified atom stereocenters. The smallest absolute Gasteiger partial charge is 0.261 e. The van der Waals surface area contributed by atoms with Gasteiger partial charge in [0.25, 0.3) is 5.91 Å². The minimum absolute atomic E-state index is 0.241. The van der Waals surface area contributed by atoms with Gasteiger partial charge in [0.1, 0.15) is 23.2 Å². The molecule has 1 heterocycles. The molecule has 0 spiro atoms. The van der Waals surface area contributed by atoms with Crippen molar-refractivity contribution in [3.05, 3.63) is 70.5 Å². The SMILES string of the molecule is CCCCCc1nnc(NC(=O)c2ccccc2OCc2ccc(F)cc2)s1. The summed E-state index contributed by atoms with van der Waals surface area (Å²) < 4.78 is 18.8. The van der Waals surface area contributed by atoms with Gasteiger partial charge in [0.2, 0.25) is 5.13 Å². The second kappa shape index (κ2) is 9.94. The van der Waals surface area contributed by atoms with Crippen molar-refractivity contribution in [1.82, 2.24) is 10.2 Å². The molecule has 0 aliphatic rings. The van der Waals surface area contributed by atoms with E-state index in [1.54, 1.807) is 36.4 Å². The number of para-hydroxylation sites is 1. The Balaban J connectivity index is 1.63. The number of carbonyl (C=O) groups is 1. The van der Waals surface area contributed by atoms with Gasteiger partial charge in [-0.05, 0) is 36.2 Å². The molecule has 0 saturated carbocycles. The Hall–Kier alpha value is -2.80. The summed E-state index contributed by atoms with van der Waals surface area (Å²) in [5.41, 5.74) is 1.23. The average molecular weight is 399 g/mol. The van der Waals surface area contributed by atoms with E-state index in [2.05, 4.69) is 22.4 Å². The molecule has 28 heavy (non-hydrogen) atoms. The van der Waals surface area contributed by atoms with Crippen LogP contribution in [0.25, 0.3) is 0 Å². The molecular weight excluding hydrogens is 377 g/mol. The van der Waals surface area contributed by atoms with Gasteiger partial charge in [-0.2, -0.15) is 0 Å². The van der Waals surface area contributed by atoms with Crippen LogP contribution in [0.2, 0.25) is 0 Å². The van der Waals surface area contributed by atoms with Gasteiger partial charge in [-0.3, -0.25) is 10.1 Å². The number of amides is 1. The molecule has 1 amide bonds. The number of hydrogen-bond acceptors (Lipinski definition) is 5. The Bertz CT molecular complexity index is 912. The number of carbonyl (C=O) groups excluding carboxylic acids is 1. The lowest BCUT2D eigenvalue weighted by Crippen LogP contribution is -2.13. The van der Waals surface area contributed by atoms with Crippen LogP contribution in [-0.2, 0) is 13.0 Å². The maximum atomic E-state index is 13.0. The van der Waals surface area contributed by atoms with E-state index < -0.39 is 0 Å². The van der Waals surface area contributed by atoms with Crippen LogP contribution in [0.15, 0.2) is 48.5 Å². The topological polar surface area (TPSA) is 64.1 Å². The molecular formula is C21H22FN3O2S. The van der Waals surface area contributed by atoms with Gasteiger partial charge >= 0.3 is 0 Å². The van der Waals surface area contributed by atoms with Crippen molar-refractivity contribution in [2.24, 2.45) is 0 Å². The molecule has 3 rings (SSSR count). The summed E-state index contributed by atoms with van der Waals surface area (Å²) >= 11 is 1.39. The molecule has 5 nitrogen and oxygen atoms in total. The maximum absolute atomic E-state index is 13.0. The number of halogens is 1. The van der Waals surface area contributed by atoms with Gasteiger partial charge in [-0.25, -0.2) is 4.39 Å². The zero-order chi connectivity index (χ0) is 19.8. The van der Waals surface area contributed by atoms with E-state index >= 15 is 0 Å². The fourth-order valence-electron chi connectivity index (χ4n) is 2.62. The Kier molecular flexibility index (Phi) is 7.08. The number of benzene rings is 2. The van der Waals surface area contributed by atoms with Crippen LogP contribution in [0.4, 0.5) is 9.52 Å². The molecule has 1 aromatic heterocycles. The van der Waals surface area contributed by atoms with Crippen molar-refractivity contribution < 1.29 is 13.9 Å². The highest BCUT2D eigenvalue weighted by Gasteiger charge is 2.15. The van der Waals surface area contributed by atoms with Crippen molar-refractivity contribution in [3.63, 3.8) is 0 Å². The largest absolute Gasteiger partial charge is 0.488 e. The van der Waals surface area contributed by atoms with Gasteiger partial charge in [-0.1, -0.05) is 55.4 Å². The summed E-state index contributed by atoms with van der Waals surface area (Å²) in [5, 5.41) is 12.4. The van der Waals surface area contributed by atoms with E-state index in [0.717, 1.165) is 36.3 Å². The Labute approximate surface area is 167 Å². The lowest BCUT2D eigenvalue weighted by Gasteiger charge is -2.11. The van der Waals surface area contributed by atoms with Gasteiger partial charge < -0.3 is 4.74 Å². The number of aromatic nitrogens is 2. The van der Waals surface area contributed by atoms with E-state index in [4.69, 9.17) is 4.74 Å². The zero-order valence-electron chi connectivity index (χ0n) is 15.7. The predicted octanol–water partition coefficient (Wildman–Crippen LogP) is 5.24. The van der Waals surface area contributed by atoms with E-state index in [1.807, 2.05) is 0 Å². The fourth-order valence-corrected chi connectivity index (χ4v) is 3.39. The van der Waals surface area contributed by atoms with Crippen molar-refractivity contribution >= 4 is 22.4 Å². The second-order valence-corrected chi connectivity index (χ2v) is 7.39. The summed E-state index contributed by atoms with van der Waals surface area (Å²) in [6.07, 6.45) is 4.25. The molecule has 0 aliphatic carbocycles. The van der Waals surface area contributed by atoms with Crippen molar-refractivity contribution in [1.29, 1.82) is 0 Å². The lowest BCUT2D eigenvalue weighted by molar-refractivity contribution is 0.102. The molecule has 0 saturated heterocycles. The monoisotopic (exact) mass is 399 g/mol. The molecule has 3 aromatic rings. The number of hydrogen-bond donors (Lipinski definition) is 1. The van der Waals surface area contributed by atoms with Crippen LogP contribution in [-0.4, -0.2) is 16.1 Å². The van der Waals surface area contributed by atoms with Gasteiger partial charge in [0.15, 0.2) is 0 Å². The first kappa shape index (κ1) is 19.9. The Morgan fingerprint density at radius 3 is 2.68 bits per heavy atom. The van der Waals surface area contributed by atoms with Crippen LogP contribution in [0.5, 0.6) is 5.75 Å². The van der Waals surface area contributed by atoms with Crippen LogP contribution < -0.4 is 10.1 Å². The van der Waals surface area contributed by atoms with E-state index in [-0.39, 0.29) is 18.3 Å². The van der Waals surface area contributed by atoms with Crippen molar-refractivity contribution in [2.45, 2.75) is 39.2 Å². The number of anilines is 1. The zero-order valence-corrected chi connectivity index (χ0v) is 16.5. The standard InChI is InChI=1S/C21H22FN3O2S/c1-2-3-4-9-19-24-25-21(28-19)23-20(26)17-7-5-6-8-18(17)27-14-15-10-12-16(22)13-11-15/h5-8,10-13H,2-4,9,14H2,1H3,(H,23,25,26). The molecule has 2 aromatic carbocycles. The fraction of sp³-hybridized carbons (Fsp3) is 0.286. The predicted molar refractivity (Wildman–Crippen MR) is 108 cm³/mol. The van der Waals surface area contributed by atoms with Gasteiger partial charge in [0.05, 0.1) is 5.56 Å². The van der Waals surface area contributed by atoms with Crippen LogP contribution in [0.1, 0.15) is 47.1 Å². The van der Waals surface area contributed by atoms with Crippen LogP contribution in [0.3, 0.4) is 0 Å². The highest BCUT2D eigenvalue weighted by molar-refractivity contribution is 7.15. The number of unbranched alkanes of at least 4 members (excludes halogenated alkanes) is 2. The number of rotatable bonds is 9. The average Bonchev–Trinajstić information content (AvgIpc) is 3.15. The lowest BCUT2D eigenvalue weighted by atomic mass is 10.2. The van der Waals surface area contributed by atoms with E-state index in [1.165, 1.54) is 23.5 Å². The molecule has 0 atom stereocenters. The molecule has 0 bridgehead atoms. The van der Waals surface area contributed by atoms with E-state index in [0.29, 0.717) is 16.4 Å². The second-order valence-electron chi connectivity index (χ2n) is 6.32. The maximum Gasteiger partial charge on any atom is 0.261 e. The number of nitrogens with zero attached hydrogens (tertiary/aromatic N) is 2. The summed E-state index contributed by atoms with van der Waals surface area (Å²) in [4.78, 5) is 12.7. The third-order valence-corrected chi connectivity index (χ3v) is 5.02. The summed E-state index contributed by atoms with van der Waals surface area (Å²) in [7, 11) is 0. The molecule has 0 radical (unpaired) electrons. The molecule has 146 valence electrons. The van der Waals surface area contributed by atoms with Crippen LogP contribution >= 0.6 is 11.3 Å². The van der Waals surface area contributed by atoms with E-state index in [9.17, 15) is 9.18 Å². The first-order valence-corrected chi connectivity index (χ1v) is 10.1. The molecule has 1 N–H and O–H groups in total. The highest BCUT2D eigenvalue weighted by atomic mass is 32.1. The minimum atomic E-state index is -0.300. The first-order chi connectivity index (χ1) is 13.7. The normalized spacial score (nSPS) is 10.6. The summed E-state index contributed by atoms with van der Waals surface area (Å²) in [5.74, 6) is -0.141. The van der Waals surface area contributed by atoms with Crippen molar-refractivity contribution in [3.8, 4) is 5.75 Å². The number of aryl methyl sites for hydroxylation is 1. The van der Waals surface area contributed by atoms with Gasteiger partial charge in [-0.15, -0.1) is 10.2 Å². The summed E-state index contributed by atoms with van der Waals surface area (Å²) in [6, 6.07) is 13.1. The highest BCUT2D eigenvalue weighted by Crippen LogP contribution is 2.23. The quantitative estimate of drug-likeness (QED) is 0.500. The number of nitrogens with one attached hydrogen (secondary N) is 1. The van der Waals surface area contributed by atoms with Crippen LogP contribution in [0, 0.1) is 5.82 Å². The first-order valence-electron chi connectivity index (χ1n) is 9.25.